The highest BCUT2D eigenvalue weighted by Crippen LogP contribution is 2.28. The highest BCUT2D eigenvalue weighted by atomic mass is 32.1. The van der Waals surface area contributed by atoms with Crippen molar-refractivity contribution in [3.8, 4) is 11.5 Å². The minimum absolute atomic E-state index is 0.169. The maximum atomic E-state index is 12.5. The maximum absolute atomic E-state index is 12.5. The third-order valence-corrected chi connectivity index (χ3v) is 4.50. The van der Waals surface area contributed by atoms with Gasteiger partial charge in [0.05, 0.1) is 24.8 Å². The molecule has 0 saturated heterocycles. The van der Waals surface area contributed by atoms with Crippen molar-refractivity contribution in [1.82, 2.24) is 9.66 Å². The lowest BCUT2D eigenvalue weighted by Crippen LogP contribution is -2.19. The number of rotatable bonds is 7. The van der Waals surface area contributed by atoms with E-state index in [-0.39, 0.29) is 5.56 Å². The van der Waals surface area contributed by atoms with Gasteiger partial charge in [-0.3, -0.25) is 4.79 Å². The predicted octanol–water partition coefficient (Wildman–Crippen LogP) is 3.84. The minimum Gasteiger partial charge on any atom is -0.490 e. The highest BCUT2D eigenvalue weighted by molar-refractivity contribution is 7.16. The SMILES string of the molecule is CCCOc1ccc(C=Nn2c(C)nc3sccc3c2=O)cc1OCC. The van der Waals surface area contributed by atoms with E-state index in [4.69, 9.17) is 9.47 Å². The van der Waals surface area contributed by atoms with Gasteiger partial charge in [-0.05, 0) is 55.5 Å². The lowest BCUT2D eigenvalue weighted by molar-refractivity contribution is 0.277. The number of ether oxygens (including phenoxy) is 2. The zero-order valence-electron chi connectivity index (χ0n) is 15.1. The second-order valence-electron chi connectivity index (χ2n) is 5.65. The Hall–Kier alpha value is -2.67. The maximum Gasteiger partial charge on any atom is 0.282 e. The number of aromatic nitrogens is 2. The molecule has 0 fully saturated rings. The van der Waals surface area contributed by atoms with Gasteiger partial charge in [0.2, 0.25) is 0 Å². The molecule has 0 bridgehead atoms. The Bertz CT molecular complexity index is 991. The Morgan fingerprint density at radius 1 is 1.23 bits per heavy atom. The van der Waals surface area contributed by atoms with Crippen molar-refractivity contribution in [2.24, 2.45) is 5.10 Å². The Balaban J connectivity index is 1.93. The van der Waals surface area contributed by atoms with Crippen LogP contribution in [0.3, 0.4) is 0 Å². The number of benzene rings is 1. The molecule has 0 saturated carbocycles. The van der Waals surface area contributed by atoms with Crippen LogP contribution in [0.2, 0.25) is 0 Å². The third-order valence-electron chi connectivity index (χ3n) is 3.69. The number of nitrogens with zero attached hydrogens (tertiary/aromatic N) is 3. The quantitative estimate of drug-likeness (QED) is 0.592. The van der Waals surface area contributed by atoms with E-state index < -0.39 is 0 Å². The van der Waals surface area contributed by atoms with E-state index in [2.05, 4.69) is 17.0 Å². The zero-order valence-corrected chi connectivity index (χ0v) is 15.9. The lowest BCUT2D eigenvalue weighted by Gasteiger charge is -2.12. The third kappa shape index (κ3) is 3.77. The molecule has 0 aliphatic rings. The summed E-state index contributed by atoms with van der Waals surface area (Å²) in [4.78, 5) is 17.7. The summed E-state index contributed by atoms with van der Waals surface area (Å²) in [5.41, 5.74) is 0.645. The Kier molecular flexibility index (Phi) is 5.68. The molecule has 0 spiro atoms. The minimum atomic E-state index is -0.169. The van der Waals surface area contributed by atoms with Crippen molar-refractivity contribution in [3.05, 3.63) is 51.4 Å². The Morgan fingerprint density at radius 2 is 2.08 bits per heavy atom. The summed E-state index contributed by atoms with van der Waals surface area (Å²) in [6.07, 6.45) is 2.55. The van der Waals surface area contributed by atoms with Crippen LogP contribution in [0.4, 0.5) is 0 Å². The van der Waals surface area contributed by atoms with Crippen LogP contribution in [-0.4, -0.2) is 29.1 Å². The average Bonchev–Trinajstić information content (AvgIpc) is 3.09. The van der Waals surface area contributed by atoms with Gasteiger partial charge in [-0.25, -0.2) is 4.98 Å². The standard InChI is InChI=1S/C19H21N3O3S/c1-4-9-25-16-7-6-14(11-17(16)24-5-2)12-20-22-13(3)21-18-15(19(22)23)8-10-26-18/h6-8,10-12H,4-5,9H2,1-3H3. The molecule has 1 aromatic carbocycles. The van der Waals surface area contributed by atoms with Gasteiger partial charge < -0.3 is 9.47 Å². The molecular weight excluding hydrogens is 350 g/mol. The first-order valence-electron chi connectivity index (χ1n) is 8.55. The average molecular weight is 371 g/mol. The zero-order chi connectivity index (χ0) is 18.5. The first kappa shape index (κ1) is 18.1. The lowest BCUT2D eigenvalue weighted by atomic mass is 10.2. The summed E-state index contributed by atoms with van der Waals surface area (Å²) < 4.78 is 12.7. The van der Waals surface area contributed by atoms with E-state index >= 15 is 0 Å². The van der Waals surface area contributed by atoms with Crippen LogP contribution >= 0.6 is 11.3 Å². The van der Waals surface area contributed by atoms with Gasteiger partial charge in [0.15, 0.2) is 11.5 Å². The molecule has 0 amide bonds. The first-order chi connectivity index (χ1) is 12.6. The van der Waals surface area contributed by atoms with E-state index in [0.717, 1.165) is 16.8 Å². The Labute approximate surface area is 155 Å². The molecule has 26 heavy (non-hydrogen) atoms. The van der Waals surface area contributed by atoms with Crippen molar-refractivity contribution >= 4 is 27.8 Å². The van der Waals surface area contributed by atoms with Crippen molar-refractivity contribution < 1.29 is 9.47 Å². The van der Waals surface area contributed by atoms with Crippen LogP contribution < -0.4 is 15.0 Å². The molecule has 7 heteroatoms. The molecule has 3 aromatic rings. The van der Waals surface area contributed by atoms with Crippen LogP contribution in [0.5, 0.6) is 11.5 Å². The van der Waals surface area contributed by atoms with Crippen molar-refractivity contribution in [1.29, 1.82) is 0 Å². The van der Waals surface area contributed by atoms with Gasteiger partial charge in [0.1, 0.15) is 10.7 Å². The summed E-state index contributed by atoms with van der Waals surface area (Å²) >= 11 is 1.45. The molecule has 0 radical (unpaired) electrons. The van der Waals surface area contributed by atoms with Crippen LogP contribution in [0.1, 0.15) is 31.7 Å². The van der Waals surface area contributed by atoms with Gasteiger partial charge in [0.25, 0.3) is 5.56 Å². The Morgan fingerprint density at radius 3 is 2.85 bits per heavy atom. The van der Waals surface area contributed by atoms with E-state index in [1.54, 1.807) is 19.2 Å². The molecule has 0 N–H and O–H groups in total. The normalized spacial score (nSPS) is 11.3. The van der Waals surface area contributed by atoms with Crippen molar-refractivity contribution in [2.45, 2.75) is 27.2 Å². The molecule has 0 atom stereocenters. The van der Waals surface area contributed by atoms with Gasteiger partial charge in [0, 0.05) is 0 Å². The van der Waals surface area contributed by atoms with E-state index in [1.165, 1.54) is 16.0 Å². The summed E-state index contributed by atoms with van der Waals surface area (Å²) in [6.45, 7) is 6.93. The molecule has 2 aromatic heterocycles. The van der Waals surface area contributed by atoms with Crippen LogP contribution in [0.25, 0.3) is 10.2 Å². The van der Waals surface area contributed by atoms with Crippen molar-refractivity contribution in [3.63, 3.8) is 0 Å². The second-order valence-corrected chi connectivity index (χ2v) is 6.54. The fourth-order valence-corrected chi connectivity index (χ4v) is 3.27. The number of hydrogen-bond donors (Lipinski definition) is 0. The van der Waals surface area contributed by atoms with Crippen LogP contribution in [0.15, 0.2) is 39.5 Å². The van der Waals surface area contributed by atoms with Gasteiger partial charge in [-0.1, -0.05) is 6.92 Å². The summed E-state index contributed by atoms with van der Waals surface area (Å²) in [5.74, 6) is 1.93. The predicted molar refractivity (Wildman–Crippen MR) is 105 cm³/mol. The molecule has 6 nitrogen and oxygen atoms in total. The summed E-state index contributed by atoms with van der Waals surface area (Å²) in [5, 5.41) is 6.76. The number of aryl methyl sites for hydroxylation is 1. The molecule has 0 aliphatic heterocycles. The van der Waals surface area contributed by atoms with Crippen LogP contribution in [-0.2, 0) is 0 Å². The molecule has 3 rings (SSSR count). The second kappa shape index (κ2) is 8.14. The molecule has 0 aliphatic carbocycles. The molecule has 2 heterocycles. The van der Waals surface area contributed by atoms with Gasteiger partial charge in [-0.15, -0.1) is 11.3 Å². The molecule has 136 valence electrons. The van der Waals surface area contributed by atoms with Crippen LogP contribution in [0, 0.1) is 6.92 Å². The van der Waals surface area contributed by atoms with E-state index in [1.807, 2.05) is 30.5 Å². The number of hydrogen-bond acceptors (Lipinski definition) is 6. The van der Waals surface area contributed by atoms with Crippen molar-refractivity contribution in [2.75, 3.05) is 13.2 Å². The first-order valence-corrected chi connectivity index (χ1v) is 9.42. The summed E-state index contributed by atoms with van der Waals surface area (Å²) in [6, 6.07) is 7.37. The number of fused-ring (bicyclic) bond motifs is 1. The smallest absolute Gasteiger partial charge is 0.282 e. The summed E-state index contributed by atoms with van der Waals surface area (Å²) in [7, 11) is 0. The fraction of sp³-hybridized carbons (Fsp3) is 0.316. The highest BCUT2D eigenvalue weighted by Gasteiger charge is 2.09. The van der Waals surface area contributed by atoms with Gasteiger partial charge >= 0.3 is 0 Å². The monoisotopic (exact) mass is 371 g/mol. The topological polar surface area (TPSA) is 65.7 Å². The number of thiophene rings is 1. The van der Waals surface area contributed by atoms with Gasteiger partial charge in [-0.2, -0.15) is 9.78 Å². The van der Waals surface area contributed by atoms with E-state index in [9.17, 15) is 4.79 Å². The fourth-order valence-electron chi connectivity index (χ4n) is 2.47. The van der Waals surface area contributed by atoms with E-state index in [0.29, 0.717) is 35.9 Å². The largest absolute Gasteiger partial charge is 0.490 e. The molecular formula is C19H21N3O3S. The molecule has 0 unspecified atom stereocenters.